The molecule has 4 nitrogen and oxygen atoms in total. The molecule has 0 aliphatic heterocycles. The lowest BCUT2D eigenvalue weighted by molar-refractivity contribution is -0.123. The summed E-state index contributed by atoms with van der Waals surface area (Å²) in [5.41, 5.74) is 0. The van der Waals surface area contributed by atoms with E-state index in [9.17, 15) is 15.0 Å². The van der Waals surface area contributed by atoms with Gasteiger partial charge in [-0.3, -0.25) is 4.79 Å². The number of aliphatic hydroxyl groups excluding tert-OH is 2. The molecule has 0 aromatic rings. The van der Waals surface area contributed by atoms with Crippen molar-refractivity contribution in [2.24, 2.45) is 0 Å². The summed E-state index contributed by atoms with van der Waals surface area (Å²) in [6.07, 6.45) is 36.5. The molecule has 4 heteroatoms. The van der Waals surface area contributed by atoms with Gasteiger partial charge in [-0.05, 0) is 64.2 Å². The number of aliphatic hydroxyl groups is 2. The third-order valence-corrected chi connectivity index (χ3v) is 7.43. The average molecular weight is 536 g/mol. The van der Waals surface area contributed by atoms with E-state index < -0.39 is 12.1 Å². The van der Waals surface area contributed by atoms with E-state index in [2.05, 4.69) is 43.5 Å². The SMILES string of the molecule is CCCCCCC/C=C/CCCC[C@@H](O)[C@H](CO)NC(=O)CCCCCCC/C=C/CCCCCCCC. The highest BCUT2D eigenvalue weighted by atomic mass is 16.3. The molecule has 0 saturated carbocycles. The molecule has 0 bridgehead atoms. The minimum Gasteiger partial charge on any atom is -0.394 e. The number of allylic oxidation sites excluding steroid dienone is 4. The molecule has 224 valence electrons. The number of unbranched alkanes of at least 4 members (excludes halogenated alkanes) is 18. The van der Waals surface area contributed by atoms with Crippen LogP contribution in [0.2, 0.25) is 0 Å². The van der Waals surface area contributed by atoms with Crippen molar-refractivity contribution in [3.63, 3.8) is 0 Å². The van der Waals surface area contributed by atoms with Crippen LogP contribution in [-0.4, -0.2) is 34.9 Å². The van der Waals surface area contributed by atoms with Crippen LogP contribution in [0.5, 0.6) is 0 Å². The van der Waals surface area contributed by atoms with Gasteiger partial charge in [0.25, 0.3) is 0 Å². The molecule has 0 aromatic heterocycles. The Morgan fingerprint density at radius 2 is 1.00 bits per heavy atom. The summed E-state index contributed by atoms with van der Waals surface area (Å²) in [4.78, 5) is 12.3. The minimum absolute atomic E-state index is 0.0532. The fourth-order valence-corrected chi connectivity index (χ4v) is 4.82. The van der Waals surface area contributed by atoms with E-state index in [-0.39, 0.29) is 12.5 Å². The van der Waals surface area contributed by atoms with Gasteiger partial charge >= 0.3 is 0 Å². The molecule has 38 heavy (non-hydrogen) atoms. The molecule has 0 saturated heterocycles. The van der Waals surface area contributed by atoms with E-state index >= 15 is 0 Å². The number of carbonyl (C=O) groups excluding carboxylic acids is 1. The Bertz CT molecular complexity index is 546. The van der Waals surface area contributed by atoms with Gasteiger partial charge in [0.15, 0.2) is 0 Å². The molecule has 0 spiro atoms. The van der Waals surface area contributed by atoms with E-state index in [0.717, 1.165) is 38.5 Å². The van der Waals surface area contributed by atoms with Crippen molar-refractivity contribution in [3.8, 4) is 0 Å². The highest BCUT2D eigenvalue weighted by Gasteiger charge is 2.19. The minimum atomic E-state index is -0.680. The van der Waals surface area contributed by atoms with E-state index in [0.29, 0.717) is 12.8 Å². The number of nitrogens with one attached hydrogen (secondary N) is 1. The first-order valence-electron chi connectivity index (χ1n) is 16.5. The summed E-state index contributed by atoms with van der Waals surface area (Å²) in [6, 6.07) is -0.552. The second-order valence-electron chi connectivity index (χ2n) is 11.2. The van der Waals surface area contributed by atoms with Crippen molar-refractivity contribution in [2.75, 3.05) is 6.61 Å². The van der Waals surface area contributed by atoms with Crippen LogP contribution in [0, 0.1) is 0 Å². The summed E-state index contributed by atoms with van der Waals surface area (Å²) in [7, 11) is 0. The van der Waals surface area contributed by atoms with Crippen LogP contribution in [0.15, 0.2) is 24.3 Å². The van der Waals surface area contributed by atoms with E-state index in [1.54, 1.807) is 0 Å². The maximum Gasteiger partial charge on any atom is 0.220 e. The van der Waals surface area contributed by atoms with E-state index in [4.69, 9.17) is 0 Å². The van der Waals surface area contributed by atoms with Gasteiger partial charge in [0.2, 0.25) is 5.91 Å². The number of amides is 1. The van der Waals surface area contributed by atoms with Crippen LogP contribution in [0.3, 0.4) is 0 Å². The van der Waals surface area contributed by atoms with Crippen LogP contribution >= 0.6 is 0 Å². The molecular weight excluding hydrogens is 470 g/mol. The van der Waals surface area contributed by atoms with Gasteiger partial charge in [0.1, 0.15) is 0 Å². The average Bonchev–Trinajstić information content (AvgIpc) is 2.92. The molecule has 3 N–H and O–H groups in total. The predicted octanol–water partition coefficient (Wildman–Crippen LogP) is 9.34. The van der Waals surface area contributed by atoms with Gasteiger partial charge in [-0.25, -0.2) is 0 Å². The third-order valence-electron chi connectivity index (χ3n) is 7.43. The summed E-state index contributed by atoms with van der Waals surface area (Å²) in [5.74, 6) is -0.0532. The van der Waals surface area contributed by atoms with Crippen LogP contribution in [-0.2, 0) is 4.79 Å². The predicted molar refractivity (Wildman–Crippen MR) is 165 cm³/mol. The van der Waals surface area contributed by atoms with Crippen LogP contribution in [0.4, 0.5) is 0 Å². The van der Waals surface area contributed by atoms with Crippen LogP contribution in [0.1, 0.15) is 168 Å². The first-order chi connectivity index (χ1) is 18.7. The first-order valence-corrected chi connectivity index (χ1v) is 16.5. The topological polar surface area (TPSA) is 69.6 Å². The lowest BCUT2D eigenvalue weighted by atomic mass is 10.0. The zero-order valence-electron chi connectivity index (χ0n) is 25.4. The number of hydrogen-bond acceptors (Lipinski definition) is 3. The zero-order valence-corrected chi connectivity index (χ0v) is 25.4. The molecule has 0 aliphatic rings. The highest BCUT2D eigenvalue weighted by Crippen LogP contribution is 2.12. The van der Waals surface area contributed by atoms with E-state index in [1.165, 1.54) is 103 Å². The fraction of sp³-hybridized carbons (Fsp3) is 0.853. The molecule has 0 rings (SSSR count). The Morgan fingerprint density at radius 1 is 0.605 bits per heavy atom. The normalized spacial score (nSPS) is 13.5. The molecule has 0 radical (unpaired) electrons. The van der Waals surface area contributed by atoms with Gasteiger partial charge in [-0.15, -0.1) is 0 Å². The maximum atomic E-state index is 12.3. The van der Waals surface area contributed by atoms with Gasteiger partial charge < -0.3 is 15.5 Å². The van der Waals surface area contributed by atoms with Gasteiger partial charge in [0, 0.05) is 6.42 Å². The quantitative estimate of drug-likeness (QED) is 0.0660. The number of carbonyl (C=O) groups is 1. The van der Waals surface area contributed by atoms with Gasteiger partial charge in [-0.1, -0.05) is 122 Å². The van der Waals surface area contributed by atoms with Crippen LogP contribution in [0.25, 0.3) is 0 Å². The largest absolute Gasteiger partial charge is 0.394 e. The van der Waals surface area contributed by atoms with Crippen molar-refractivity contribution >= 4 is 5.91 Å². The monoisotopic (exact) mass is 535 g/mol. The molecule has 0 heterocycles. The van der Waals surface area contributed by atoms with Crippen LogP contribution < -0.4 is 5.32 Å². The maximum absolute atomic E-state index is 12.3. The van der Waals surface area contributed by atoms with Gasteiger partial charge in [-0.2, -0.15) is 0 Å². The van der Waals surface area contributed by atoms with E-state index in [1.807, 2.05) is 0 Å². The van der Waals surface area contributed by atoms with Gasteiger partial charge in [0.05, 0.1) is 18.8 Å². The molecular formula is C34H65NO3. The van der Waals surface area contributed by atoms with Crippen molar-refractivity contribution in [1.82, 2.24) is 5.32 Å². The van der Waals surface area contributed by atoms with Crippen molar-refractivity contribution in [3.05, 3.63) is 24.3 Å². The Labute approximate surface area is 237 Å². The molecule has 0 aromatic carbocycles. The molecule has 2 atom stereocenters. The fourth-order valence-electron chi connectivity index (χ4n) is 4.82. The smallest absolute Gasteiger partial charge is 0.220 e. The standard InChI is InChI=1S/C34H65NO3/c1-3-5-7-9-11-13-15-16-17-18-20-22-24-26-28-30-34(38)35-32(31-36)33(37)29-27-25-23-21-19-14-12-10-8-6-4-2/h16-17,19,21,32-33,36-37H,3-15,18,20,22-31H2,1-2H3,(H,35,38)/b17-16+,21-19+/t32-,33+/m0/s1. The summed E-state index contributed by atoms with van der Waals surface area (Å²) >= 11 is 0. The Kier molecular flexibility index (Phi) is 29.5. The lowest BCUT2D eigenvalue weighted by Crippen LogP contribution is -2.45. The molecule has 0 fully saturated rings. The van der Waals surface area contributed by atoms with Crippen molar-refractivity contribution in [1.29, 1.82) is 0 Å². The summed E-state index contributed by atoms with van der Waals surface area (Å²) < 4.78 is 0. The number of rotatable bonds is 29. The first kappa shape index (κ1) is 36.9. The molecule has 1 amide bonds. The van der Waals surface area contributed by atoms with Crippen molar-refractivity contribution < 1.29 is 15.0 Å². The summed E-state index contributed by atoms with van der Waals surface area (Å²) in [5, 5.41) is 22.9. The zero-order chi connectivity index (χ0) is 27.9. The van der Waals surface area contributed by atoms with Crippen molar-refractivity contribution in [2.45, 2.75) is 180 Å². The summed E-state index contributed by atoms with van der Waals surface area (Å²) in [6.45, 7) is 4.30. The highest BCUT2D eigenvalue weighted by molar-refractivity contribution is 5.76. The Morgan fingerprint density at radius 3 is 1.45 bits per heavy atom. The molecule has 0 aliphatic carbocycles. The Balaban J connectivity index is 3.64. The Hall–Kier alpha value is -1.13. The molecule has 0 unspecified atom stereocenters. The number of hydrogen-bond donors (Lipinski definition) is 3. The lowest BCUT2D eigenvalue weighted by Gasteiger charge is -2.22. The third kappa shape index (κ3) is 26.5. The second-order valence-corrected chi connectivity index (χ2v) is 11.2. The second kappa shape index (κ2) is 30.4.